The number of nitrogens with zero attached hydrogens (tertiary/aromatic N) is 2. The molecule has 112 valence electrons. The SMILES string of the molecule is CC(C)(CCNCc1ccn(-c2ccccc2)n1)C(=O)O. The Bertz CT molecular complexity index is 591. The number of aliphatic carboxylic acids is 1. The first-order valence-corrected chi connectivity index (χ1v) is 7.03. The molecule has 21 heavy (non-hydrogen) atoms. The van der Waals surface area contributed by atoms with Crippen molar-refractivity contribution in [1.29, 1.82) is 0 Å². The molecule has 0 bridgehead atoms. The predicted octanol–water partition coefficient (Wildman–Crippen LogP) is 2.46. The summed E-state index contributed by atoms with van der Waals surface area (Å²) < 4.78 is 1.83. The number of carboxylic acid groups (broad SMARTS) is 1. The fraction of sp³-hybridized carbons (Fsp3) is 0.375. The average molecular weight is 287 g/mol. The van der Waals surface area contributed by atoms with Crippen LogP contribution < -0.4 is 5.32 Å². The molecule has 0 fully saturated rings. The predicted molar refractivity (Wildman–Crippen MR) is 81.3 cm³/mol. The lowest BCUT2D eigenvalue weighted by Crippen LogP contribution is -2.28. The molecule has 1 aromatic heterocycles. The number of hydrogen-bond donors (Lipinski definition) is 2. The summed E-state index contributed by atoms with van der Waals surface area (Å²) in [6.07, 6.45) is 2.51. The van der Waals surface area contributed by atoms with Crippen LogP contribution in [0.3, 0.4) is 0 Å². The second-order valence-corrected chi connectivity index (χ2v) is 5.70. The van der Waals surface area contributed by atoms with Gasteiger partial charge in [0.2, 0.25) is 0 Å². The smallest absolute Gasteiger partial charge is 0.309 e. The summed E-state index contributed by atoms with van der Waals surface area (Å²) in [5.41, 5.74) is 1.26. The molecule has 1 aromatic carbocycles. The maximum atomic E-state index is 11.0. The van der Waals surface area contributed by atoms with Crippen LogP contribution >= 0.6 is 0 Å². The molecule has 0 atom stereocenters. The van der Waals surface area contributed by atoms with Crippen molar-refractivity contribution in [2.24, 2.45) is 5.41 Å². The number of benzene rings is 1. The van der Waals surface area contributed by atoms with Crippen molar-refractivity contribution in [3.8, 4) is 5.69 Å². The minimum atomic E-state index is -0.766. The van der Waals surface area contributed by atoms with Crippen LogP contribution in [0.2, 0.25) is 0 Å². The van der Waals surface area contributed by atoms with Gasteiger partial charge in [-0.3, -0.25) is 4.79 Å². The highest BCUT2D eigenvalue weighted by molar-refractivity contribution is 5.73. The van der Waals surface area contributed by atoms with E-state index in [1.807, 2.05) is 47.3 Å². The molecule has 0 aliphatic carbocycles. The molecule has 0 aliphatic heterocycles. The minimum absolute atomic E-state index is 0.585. The van der Waals surface area contributed by atoms with Crippen LogP contribution in [0.15, 0.2) is 42.6 Å². The normalized spacial score (nSPS) is 11.5. The lowest BCUT2D eigenvalue weighted by atomic mass is 9.90. The van der Waals surface area contributed by atoms with Gasteiger partial charge in [-0.1, -0.05) is 18.2 Å². The highest BCUT2D eigenvalue weighted by Crippen LogP contribution is 2.19. The van der Waals surface area contributed by atoms with Crippen molar-refractivity contribution in [3.63, 3.8) is 0 Å². The monoisotopic (exact) mass is 287 g/mol. The third-order valence-corrected chi connectivity index (χ3v) is 3.48. The van der Waals surface area contributed by atoms with E-state index in [4.69, 9.17) is 5.11 Å². The number of carboxylic acids is 1. The fourth-order valence-corrected chi connectivity index (χ4v) is 1.90. The molecule has 1 heterocycles. The zero-order valence-corrected chi connectivity index (χ0v) is 12.4. The second-order valence-electron chi connectivity index (χ2n) is 5.70. The molecule has 2 rings (SSSR count). The molecule has 0 saturated heterocycles. The molecule has 2 N–H and O–H groups in total. The van der Waals surface area contributed by atoms with Crippen LogP contribution in [0.1, 0.15) is 26.0 Å². The molecule has 5 heteroatoms. The topological polar surface area (TPSA) is 67.2 Å². The van der Waals surface area contributed by atoms with Gasteiger partial charge in [-0.15, -0.1) is 0 Å². The molecule has 2 aromatic rings. The van der Waals surface area contributed by atoms with E-state index in [9.17, 15) is 4.79 Å². The molecule has 0 radical (unpaired) electrons. The third-order valence-electron chi connectivity index (χ3n) is 3.48. The van der Waals surface area contributed by atoms with Gasteiger partial charge in [-0.25, -0.2) is 4.68 Å². The Hall–Kier alpha value is -2.14. The summed E-state index contributed by atoms with van der Waals surface area (Å²) in [5, 5.41) is 16.8. The summed E-state index contributed by atoms with van der Waals surface area (Å²) in [5.74, 6) is -0.766. The standard InChI is InChI=1S/C16H21N3O2/c1-16(2,15(20)21)9-10-17-12-13-8-11-19(18-13)14-6-4-3-5-7-14/h3-8,11,17H,9-10,12H2,1-2H3,(H,20,21). The Labute approximate surface area is 124 Å². The summed E-state index contributed by atoms with van der Waals surface area (Å²) in [4.78, 5) is 11.0. The van der Waals surface area contributed by atoms with Crippen LogP contribution in [0.5, 0.6) is 0 Å². The number of para-hydroxylation sites is 1. The van der Waals surface area contributed by atoms with Gasteiger partial charge >= 0.3 is 5.97 Å². The zero-order valence-electron chi connectivity index (χ0n) is 12.4. The number of rotatable bonds is 7. The Kier molecular flexibility index (Phi) is 4.75. The van der Waals surface area contributed by atoms with E-state index in [0.717, 1.165) is 11.4 Å². The number of aromatic nitrogens is 2. The summed E-state index contributed by atoms with van der Waals surface area (Å²) in [7, 11) is 0. The zero-order chi connectivity index (χ0) is 15.3. The van der Waals surface area contributed by atoms with Crippen molar-refractivity contribution in [2.75, 3.05) is 6.54 Å². The van der Waals surface area contributed by atoms with E-state index in [1.165, 1.54) is 0 Å². The third kappa shape index (κ3) is 4.16. The minimum Gasteiger partial charge on any atom is -0.481 e. The van der Waals surface area contributed by atoms with Gasteiger partial charge in [0, 0.05) is 12.7 Å². The van der Waals surface area contributed by atoms with E-state index < -0.39 is 11.4 Å². The van der Waals surface area contributed by atoms with E-state index in [-0.39, 0.29) is 0 Å². The number of carbonyl (C=O) groups is 1. The lowest BCUT2D eigenvalue weighted by molar-refractivity contribution is -0.147. The van der Waals surface area contributed by atoms with Crippen molar-refractivity contribution in [1.82, 2.24) is 15.1 Å². The van der Waals surface area contributed by atoms with Crippen LogP contribution in [0.4, 0.5) is 0 Å². The molecular formula is C16H21N3O2. The first-order chi connectivity index (χ1) is 9.99. The molecular weight excluding hydrogens is 266 g/mol. The Morgan fingerprint density at radius 3 is 2.67 bits per heavy atom. The molecule has 0 saturated carbocycles. The van der Waals surface area contributed by atoms with Crippen molar-refractivity contribution < 1.29 is 9.90 Å². The van der Waals surface area contributed by atoms with Gasteiger partial charge in [-0.05, 0) is 45.0 Å². The molecule has 0 aliphatic rings. The van der Waals surface area contributed by atoms with Gasteiger partial charge in [0.15, 0.2) is 0 Å². The number of hydrogen-bond acceptors (Lipinski definition) is 3. The van der Waals surface area contributed by atoms with E-state index in [0.29, 0.717) is 19.5 Å². The highest BCUT2D eigenvalue weighted by Gasteiger charge is 2.26. The lowest BCUT2D eigenvalue weighted by Gasteiger charge is -2.18. The van der Waals surface area contributed by atoms with Gasteiger partial charge < -0.3 is 10.4 Å². The molecule has 0 unspecified atom stereocenters. The molecule has 5 nitrogen and oxygen atoms in total. The van der Waals surface area contributed by atoms with Crippen LogP contribution in [-0.2, 0) is 11.3 Å². The maximum Gasteiger partial charge on any atom is 0.309 e. The quantitative estimate of drug-likeness (QED) is 0.768. The number of nitrogens with one attached hydrogen (secondary N) is 1. The van der Waals surface area contributed by atoms with Crippen LogP contribution in [0.25, 0.3) is 5.69 Å². The largest absolute Gasteiger partial charge is 0.481 e. The highest BCUT2D eigenvalue weighted by atomic mass is 16.4. The average Bonchev–Trinajstić information content (AvgIpc) is 2.93. The van der Waals surface area contributed by atoms with Crippen molar-refractivity contribution >= 4 is 5.97 Å². The van der Waals surface area contributed by atoms with Gasteiger partial charge in [-0.2, -0.15) is 5.10 Å². The van der Waals surface area contributed by atoms with Crippen molar-refractivity contribution in [3.05, 3.63) is 48.3 Å². The van der Waals surface area contributed by atoms with Crippen LogP contribution in [-0.4, -0.2) is 27.4 Å². The first kappa shape index (κ1) is 15.3. The van der Waals surface area contributed by atoms with E-state index >= 15 is 0 Å². The maximum absolute atomic E-state index is 11.0. The summed E-state index contributed by atoms with van der Waals surface area (Å²) >= 11 is 0. The van der Waals surface area contributed by atoms with Gasteiger partial charge in [0.05, 0.1) is 16.8 Å². The summed E-state index contributed by atoms with van der Waals surface area (Å²) in [6, 6.07) is 11.9. The van der Waals surface area contributed by atoms with Crippen LogP contribution in [0, 0.1) is 5.41 Å². The Morgan fingerprint density at radius 1 is 1.29 bits per heavy atom. The molecule has 0 spiro atoms. The molecule has 0 amide bonds. The first-order valence-electron chi connectivity index (χ1n) is 7.03. The fourth-order valence-electron chi connectivity index (χ4n) is 1.90. The van der Waals surface area contributed by atoms with Crippen molar-refractivity contribution in [2.45, 2.75) is 26.8 Å². The Morgan fingerprint density at radius 2 is 2.00 bits per heavy atom. The Balaban J connectivity index is 1.83. The van der Waals surface area contributed by atoms with E-state index in [1.54, 1.807) is 13.8 Å². The van der Waals surface area contributed by atoms with Gasteiger partial charge in [0.25, 0.3) is 0 Å². The summed E-state index contributed by atoms with van der Waals surface area (Å²) in [6.45, 7) is 4.76. The van der Waals surface area contributed by atoms with Gasteiger partial charge in [0.1, 0.15) is 0 Å². The van der Waals surface area contributed by atoms with E-state index in [2.05, 4.69) is 10.4 Å². The second kappa shape index (κ2) is 6.54.